The average molecular weight is 226 g/mol. The van der Waals surface area contributed by atoms with Crippen molar-refractivity contribution >= 4 is 0 Å². The van der Waals surface area contributed by atoms with E-state index in [1.165, 1.54) is 51.4 Å². The van der Waals surface area contributed by atoms with Crippen molar-refractivity contribution in [2.75, 3.05) is 13.6 Å². The van der Waals surface area contributed by atoms with Gasteiger partial charge in [-0.05, 0) is 32.7 Å². The smallest absolute Gasteiger partial charge is 0.0331 e. The van der Waals surface area contributed by atoms with Gasteiger partial charge in [0, 0.05) is 18.1 Å². The molecule has 0 spiro atoms. The van der Waals surface area contributed by atoms with Crippen molar-refractivity contribution < 1.29 is 0 Å². The van der Waals surface area contributed by atoms with E-state index in [2.05, 4.69) is 25.8 Å². The van der Waals surface area contributed by atoms with Gasteiger partial charge in [0.2, 0.25) is 0 Å². The van der Waals surface area contributed by atoms with Crippen molar-refractivity contribution in [3.05, 3.63) is 0 Å². The molecular formula is C14H30N2. The Morgan fingerprint density at radius 1 is 1.06 bits per heavy atom. The van der Waals surface area contributed by atoms with Crippen molar-refractivity contribution in [2.45, 2.75) is 76.8 Å². The fourth-order valence-corrected chi connectivity index (χ4v) is 3.31. The van der Waals surface area contributed by atoms with E-state index < -0.39 is 0 Å². The highest BCUT2D eigenvalue weighted by molar-refractivity contribution is 4.94. The van der Waals surface area contributed by atoms with Gasteiger partial charge in [-0.1, -0.05) is 39.5 Å². The zero-order valence-electron chi connectivity index (χ0n) is 11.5. The van der Waals surface area contributed by atoms with E-state index in [1.807, 2.05) is 0 Å². The number of likely N-dealkylation sites (N-methyl/N-ethyl adjacent to an activating group) is 1. The summed E-state index contributed by atoms with van der Waals surface area (Å²) in [7, 11) is 2.30. The van der Waals surface area contributed by atoms with Gasteiger partial charge in [-0.25, -0.2) is 0 Å². The first-order valence-corrected chi connectivity index (χ1v) is 7.13. The Kier molecular flexibility index (Phi) is 5.77. The molecule has 0 bridgehead atoms. The Balaban J connectivity index is 2.75. The monoisotopic (exact) mass is 226 g/mol. The van der Waals surface area contributed by atoms with Crippen LogP contribution in [-0.2, 0) is 0 Å². The van der Waals surface area contributed by atoms with Gasteiger partial charge in [0.25, 0.3) is 0 Å². The standard InChI is InChI=1S/C14H30N2/c1-4-13(5-2)16(3)14(12-15)10-8-6-7-9-11-14/h13H,4-12,15H2,1-3H3. The van der Waals surface area contributed by atoms with E-state index in [1.54, 1.807) is 0 Å². The fourth-order valence-electron chi connectivity index (χ4n) is 3.31. The SMILES string of the molecule is CCC(CC)N(C)C1(CN)CCCCCC1. The molecule has 0 aromatic rings. The second kappa shape index (κ2) is 6.61. The summed E-state index contributed by atoms with van der Waals surface area (Å²) >= 11 is 0. The Morgan fingerprint density at radius 3 is 1.94 bits per heavy atom. The molecule has 0 unspecified atom stereocenters. The highest BCUT2D eigenvalue weighted by atomic mass is 15.2. The highest BCUT2D eigenvalue weighted by Gasteiger charge is 2.35. The Labute approximate surface area is 102 Å². The molecule has 0 aliphatic heterocycles. The second-order valence-corrected chi connectivity index (χ2v) is 5.42. The van der Waals surface area contributed by atoms with E-state index in [4.69, 9.17) is 5.73 Å². The van der Waals surface area contributed by atoms with Crippen molar-refractivity contribution in [3.63, 3.8) is 0 Å². The van der Waals surface area contributed by atoms with Crippen LogP contribution in [0.25, 0.3) is 0 Å². The summed E-state index contributed by atoms with van der Waals surface area (Å²) < 4.78 is 0. The number of rotatable bonds is 5. The minimum Gasteiger partial charge on any atom is -0.329 e. The zero-order chi connectivity index (χ0) is 12.0. The van der Waals surface area contributed by atoms with E-state index in [0.717, 1.165) is 6.54 Å². The first-order chi connectivity index (χ1) is 7.70. The molecule has 0 atom stereocenters. The molecule has 1 fully saturated rings. The van der Waals surface area contributed by atoms with Crippen LogP contribution < -0.4 is 5.73 Å². The van der Waals surface area contributed by atoms with Crippen LogP contribution in [0, 0.1) is 0 Å². The van der Waals surface area contributed by atoms with Gasteiger partial charge in [0.05, 0.1) is 0 Å². The molecule has 1 aliphatic rings. The topological polar surface area (TPSA) is 29.3 Å². The molecule has 0 heterocycles. The average Bonchev–Trinajstić information content (AvgIpc) is 2.56. The van der Waals surface area contributed by atoms with Gasteiger partial charge in [0.15, 0.2) is 0 Å². The van der Waals surface area contributed by atoms with Crippen molar-refractivity contribution in [2.24, 2.45) is 5.73 Å². The zero-order valence-corrected chi connectivity index (χ0v) is 11.5. The van der Waals surface area contributed by atoms with Crippen molar-refractivity contribution in [3.8, 4) is 0 Å². The normalized spacial score (nSPS) is 21.4. The van der Waals surface area contributed by atoms with Gasteiger partial charge in [-0.2, -0.15) is 0 Å². The Morgan fingerprint density at radius 2 is 1.56 bits per heavy atom. The third-order valence-corrected chi connectivity index (χ3v) is 4.65. The molecule has 0 aromatic heterocycles. The van der Waals surface area contributed by atoms with Gasteiger partial charge in [-0.15, -0.1) is 0 Å². The largest absolute Gasteiger partial charge is 0.329 e. The molecule has 0 amide bonds. The summed E-state index contributed by atoms with van der Waals surface area (Å²) in [6, 6.07) is 0.710. The number of nitrogens with two attached hydrogens (primary N) is 1. The molecule has 1 rings (SSSR count). The summed E-state index contributed by atoms with van der Waals surface area (Å²) in [4.78, 5) is 2.61. The highest BCUT2D eigenvalue weighted by Crippen LogP contribution is 2.33. The fraction of sp³-hybridized carbons (Fsp3) is 1.00. The van der Waals surface area contributed by atoms with Crippen molar-refractivity contribution in [1.29, 1.82) is 0 Å². The maximum absolute atomic E-state index is 6.11. The molecule has 0 radical (unpaired) electrons. The number of nitrogens with zero attached hydrogens (tertiary/aromatic N) is 1. The summed E-state index contributed by atoms with van der Waals surface area (Å²) in [5, 5.41) is 0. The second-order valence-electron chi connectivity index (χ2n) is 5.42. The van der Waals surface area contributed by atoms with Crippen LogP contribution in [-0.4, -0.2) is 30.1 Å². The van der Waals surface area contributed by atoms with Crippen LogP contribution in [0.15, 0.2) is 0 Å². The molecule has 2 N–H and O–H groups in total. The minimum absolute atomic E-state index is 0.299. The van der Waals surface area contributed by atoms with E-state index in [0.29, 0.717) is 11.6 Å². The predicted octanol–water partition coefficient (Wildman–Crippen LogP) is 3.16. The lowest BCUT2D eigenvalue weighted by Gasteiger charge is -2.45. The molecular weight excluding hydrogens is 196 g/mol. The van der Waals surface area contributed by atoms with E-state index >= 15 is 0 Å². The van der Waals surface area contributed by atoms with Crippen molar-refractivity contribution in [1.82, 2.24) is 4.90 Å². The van der Waals surface area contributed by atoms with Crippen LogP contribution in [0.2, 0.25) is 0 Å². The lowest BCUT2D eigenvalue weighted by atomic mass is 9.86. The van der Waals surface area contributed by atoms with Gasteiger partial charge in [0.1, 0.15) is 0 Å². The lowest BCUT2D eigenvalue weighted by Crippen LogP contribution is -2.55. The molecule has 1 saturated carbocycles. The van der Waals surface area contributed by atoms with Gasteiger partial charge >= 0.3 is 0 Å². The number of hydrogen-bond donors (Lipinski definition) is 1. The summed E-state index contributed by atoms with van der Waals surface area (Å²) in [5.41, 5.74) is 6.41. The first kappa shape index (κ1) is 14.0. The third-order valence-electron chi connectivity index (χ3n) is 4.65. The van der Waals surface area contributed by atoms with Crippen LogP contribution in [0.1, 0.15) is 65.2 Å². The van der Waals surface area contributed by atoms with Crippen LogP contribution >= 0.6 is 0 Å². The minimum atomic E-state index is 0.299. The molecule has 2 heteroatoms. The maximum Gasteiger partial charge on any atom is 0.0331 e. The quantitative estimate of drug-likeness (QED) is 0.730. The molecule has 16 heavy (non-hydrogen) atoms. The summed E-state index contributed by atoms with van der Waals surface area (Å²) in [6.07, 6.45) is 10.6. The van der Waals surface area contributed by atoms with Crippen LogP contribution in [0.4, 0.5) is 0 Å². The first-order valence-electron chi connectivity index (χ1n) is 7.13. The summed E-state index contributed by atoms with van der Waals surface area (Å²) in [6.45, 7) is 5.43. The predicted molar refractivity (Wildman–Crippen MR) is 71.6 cm³/mol. The van der Waals surface area contributed by atoms with Gasteiger partial charge < -0.3 is 5.73 Å². The molecule has 0 saturated heterocycles. The van der Waals surface area contributed by atoms with Crippen LogP contribution in [0.3, 0.4) is 0 Å². The third kappa shape index (κ3) is 2.98. The summed E-state index contributed by atoms with van der Waals surface area (Å²) in [5.74, 6) is 0. The van der Waals surface area contributed by atoms with E-state index in [9.17, 15) is 0 Å². The van der Waals surface area contributed by atoms with Gasteiger partial charge in [-0.3, -0.25) is 4.90 Å². The Hall–Kier alpha value is -0.0800. The maximum atomic E-state index is 6.11. The molecule has 1 aliphatic carbocycles. The molecule has 0 aromatic carbocycles. The number of hydrogen-bond acceptors (Lipinski definition) is 2. The van der Waals surface area contributed by atoms with Crippen LogP contribution in [0.5, 0.6) is 0 Å². The van der Waals surface area contributed by atoms with E-state index in [-0.39, 0.29) is 0 Å². The lowest BCUT2D eigenvalue weighted by molar-refractivity contribution is 0.0583. The molecule has 96 valence electrons. The Bertz CT molecular complexity index is 179. The molecule has 2 nitrogen and oxygen atoms in total.